The van der Waals surface area contributed by atoms with Gasteiger partial charge in [0, 0.05) is 5.56 Å². The van der Waals surface area contributed by atoms with Crippen molar-refractivity contribution in [1.29, 1.82) is 5.41 Å². The smallest absolute Gasteiger partial charge is 0.275 e. The van der Waals surface area contributed by atoms with Crippen LogP contribution in [0, 0.1) is 23.7 Å². The molecule has 0 aliphatic rings. The number of nitrogens with one attached hydrogen (secondary N) is 2. The maximum Gasteiger partial charge on any atom is 0.275 e. The number of terminal acetylenes is 1. The molecule has 0 saturated carbocycles. The highest BCUT2D eigenvalue weighted by Crippen LogP contribution is 2.46. The van der Waals surface area contributed by atoms with Gasteiger partial charge in [0.1, 0.15) is 5.69 Å². The zero-order valence-corrected chi connectivity index (χ0v) is 20.0. The summed E-state index contributed by atoms with van der Waals surface area (Å²) >= 11 is 0.616. The molecular weight excluding hydrogens is 466 g/mol. The van der Waals surface area contributed by atoms with E-state index in [9.17, 15) is 13.6 Å². The lowest BCUT2D eigenvalue weighted by atomic mass is 9.80. The number of amidine groups is 1. The largest absolute Gasteiger partial charge is 0.481 e. The molecule has 2 heterocycles. The predicted octanol–water partition coefficient (Wildman–Crippen LogP) is 3.53. The maximum atomic E-state index is 14.0. The fourth-order valence-electron chi connectivity index (χ4n) is 3.19. The quantitative estimate of drug-likeness (QED) is 0.260. The van der Waals surface area contributed by atoms with E-state index in [0.717, 1.165) is 0 Å². The molecule has 182 valence electrons. The number of halogens is 2. The van der Waals surface area contributed by atoms with Crippen molar-refractivity contribution in [1.82, 2.24) is 15.0 Å². The van der Waals surface area contributed by atoms with E-state index >= 15 is 0 Å². The van der Waals surface area contributed by atoms with Gasteiger partial charge in [-0.05, 0) is 24.8 Å². The highest BCUT2D eigenvalue weighted by Gasteiger charge is 2.45. The third-order valence-electron chi connectivity index (χ3n) is 5.40. The second-order valence-electron chi connectivity index (χ2n) is 7.54. The van der Waals surface area contributed by atoms with Crippen LogP contribution < -0.4 is 20.5 Å². The zero-order valence-electron chi connectivity index (χ0n) is 19.1. The molecule has 0 aromatic carbocycles. The molecule has 0 aliphatic heterocycles. The lowest BCUT2D eigenvalue weighted by Gasteiger charge is -2.37. The topological polar surface area (TPSA) is 136 Å². The lowest BCUT2D eigenvalue weighted by Crippen LogP contribution is -2.41. The first-order chi connectivity index (χ1) is 16.0. The van der Waals surface area contributed by atoms with E-state index in [1.807, 2.05) is 0 Å². The first-order valence-corrected chi connectivity index (χ1v) is 10.9. The number of hydrogen-bond acceptors (Lipinski definition) is 8. The first kappa shape index (κ1) is 26.8. The van der Waals surface area contributed by atoms with Crippen LogP contribution in [-0.4, -0.2) is 50.9 Å². The number of pyridine rings is 1. The Balaban J connectivity index is 2.29. The summed E-state index contributed by atoms with van der Waals surface area (Å²) in [6.45, 7) is 4.78. The van der Waals surface area contributed by atoms with Gasteiger partial charge in [-0.2, -0.15) is 0 Å². The number of anilines is 1. The van der Waals surface area contributed by atoms with E-state index in [2.05, 4.69) is 26.2 Å². The Labute approximate surface area is 200 Å². The van der Waals surface area contributed by atoms with Crippen LogP contribution in [0.3, 0.4) is 0 Å². The van der Waals surface area contributed by atoms with E-state index in [-0.39, 0.29) is 24.1 Å². The average molecular weight is 493 g/mol. The SMILES string of the molecule is C#CCOc1cnc(C(=O)Nc2cnc(OC)c([C@@H](C)[C@H](C)[C@](C)(SC(=N)N)C(F)F)c2)cn1. The Hall–Kier alpha value is -3.46. The van der Waals surface area contributed by atoms with Crippen LogP contribution >= 0.6 is 11.8 Å². The summed E-state index contributed by atoms with van der Waals surface area (Å²) in [5, 5.41) is 9.76. The Morgan fingerprint density at radius 2 is 2.03 bits per heavy atom. The monoisotopic (exact) mass is 492 g/mol. The number of ether oxygens (including phenoxy) is 2. The van der Waals surface area contributed by atoms with Crippen molar-refractivity contribution < 1.29 is 23.0 Å². The molecular formula is C22H26F2N6O3S. The zero-order chi connectivity index (χ0) is 25.5. The van der Waals surface area contributed by atoms with Gasteiger partial charge in [0.2, 0.25) is 11.8 Å². The third kappa shape index (κ3) is 6.32. The van der Waals surface area contributed by atoms with Crippen molar-refractivity contribution in [3.05, 3.63) is 35.9 Å². The van der Waals surface area contributed by atoms with Gasteiger partial charge >= 0.3 is 0 Å². The molecule has 0 radical (unpaired) electrons. The Bertz CT molecular complexity index is 1060. The highest BCUT2D eigenvalue weighted by atomic mass is 32.2. The molecule has 12 heteroatoms. The van der Waals surface area contributed by atoms with Gasteiger partial charge < -0.3 is 20.5 Å². The van der Waals surface area contributed by atoms with Gasteiger partial charge in [-0.25, -0.2) is 23.7 Å². The molecule has 0 aliphatic carbocycles. The van der Waals surface area contributed by atoms with E-state index in [1.54, 1.807) is 19.9 Å². The van der Waals surface area contributed by atoms with Gasteiger partial charge in [0.05, 0.1) is 36.1 Å². The van der Waals surface area contributed by atoms with Crippen LogP contribution in [-0.2, 0) is 0 Å². The number of carbonyl (C=O) groups is 1. The Kier molecular flexibility index (Phi) is 9.14. The number of alkyl halides is 2. The summed E-state index contributed by atoms with van der Waals surface area (Å²) in [7, 11) is 1.41. The molecule has 9 nitrogen and oxygen atoms in total. The van der Waals surface area contributed by atoms with Crippen LogP contribution in [0.15, 0.2) is 24.7 Å². The van der Waals surface area contributed by atoms with Gasteiger partial charge in [0.15, 0.2) is 11.8 Å². The van der Waals surface area contributed by atoms with Crippen molar-refractivity contribution in [2.45, 2.75) is 37.9 Å². The maximum absolute atomic E-state index is 14.0. The van der Waals surface area contributed by atoms with Crippen LogP contribution in [0.25, 0.3) is 0 Å². The standard InChI is InChI=1S/C22H26F2N6O3S/c1-6-7-33-17-11-27-16(10-28-17)18(31)30-14-8-15(19(32-5)29-9-14)12(2)13(3)22(4,20(23)24)34-21(25)26/h1,8-13,20H,7H2,2-5H3,(H3,25,26)(H,30,31)/t12-,13-,22-/m0/s1. The highest BCUT2D eigenvalue weighted by molar-refractivity contribution is 8.14. The molecule has 1 amide bonds. The molecule has 0 bridgehead atoms. The Morgan fingerprint density at radius 3 is 2.56 bits per heavy atom. The van der Waals surface area contributed by atoms with Gasteiger partial charge in [-0.3, -0.25) is 10.2 Å². The molecule has 0 unspecified atom stereocenters. The number of nitrogens with two attached hydrogens (primary N) is 1. The van der Waals surface area contributed by atoms with Crippen molar-refractivity contribution >= 4 is 28.5 Å². The summed E-state index contributed by atoms with van der Waals surface area (Å²) in [4.78, 5) is 24.8. The number of aromatic nitrogens is 3. The predicted molar refractivity (Wildman–Crippen MR) is 127 cm³/mol. The second kappa shape index (κ2) is 11.6. The van der Waals surface area contributed by atoms with Gasteiger partial charge in [0.25, 0.3) is 12.3 Å². The minimum atomic E-state index is -2.74. The summed E-state index contributed by atoms with van der Waals surface area (Å²) in [5.41, 5.74) is 6.26. The second-order valence-corrected chi connectivity index (χ2v) is 9.06. The van der Waals surface area contributed by atoms with Crippen LogP contribution in [0.2, 0.25) is 0 Å². The number of rotatable bonds is 10. The molecule has 0 spiro atoms. The molecule has 2 aromatic heterocycles. The fraction of sp³-hybridized carbons (Fsp3) is 0.409. The van der Waals surface area contributed by atoms with E-state index < -0.39 is 34.1 Å². The van der Waals surface area contributed by atoms with Crippen LogP contribution in [0.5, 0.6) is 11.8 Å². The van der Waals surface area contributed by atoms with E-state index in [1.165, 1.54) is 32.6 Å². The molecule has 2 aromatic rings. The minimum absolute atomic E-state index is 0.0205. The molecule has 3 atom stereocenters. The van der Waals surface area contributed by atoms with E-state index in [0.29, 0.717) is 23.0 Å². The van der Waals surface area contributed by atoms with Crippen molar-refractivity contribution in [3.63, 3.8) is 0 Å². The molecule has 0 fully saturated rings. The summed E-state index contributed by atoms with van der Waals surface area (Å²) in [6, 6.07) is 1.60. The molecule has 4 N–H and O–H groups in total. The first-order valence-electron chi connectivity index (χ1n) is 10.1. The van der Waals surface area contributed by atoms with Crippen molar-refractivity contribution in [2.24, 2.45) is 11.7 Å². The van der Waals surface area contributed by atoms with Crippen molar-refractivity contribution in [2.75, 3.05) is 19.0 Å². The van der Waals surface area contributed by atoms with Gasteiger partial charge in [-0.1, -0.05) is 31.5 Å². The van der Waals surface area contributed by atoms with E-state index in [4.69, 9.17) is 27.0 Å². The Morgan fingerprint density at radius 1 is 1.32 bits per heavy atom. The van der Waals surface area contributed by atoms with Crippen LogP contribution in [0.1, 0.15) is 42.7 Å². The summed E-state index contributed by atoms with van der Waals surface area (Å²) < 4.78 is 36.8. The van der Waals surface area contributed by atoms with Crippen LogP contribution in [0.4, 0.5) is 14.5 Å². The fourth-order valence-corrected chi connectivity index (χ4v) is 4.14. The molecule has 34 heavy (non-hydrogen) atoms. The number of carbonyl (C=O) groups excluding carboxylic acids is 1. The molecule has 2 rings (SSSR count). The number of amides is 1. The number of nitrogens with zero attached hydrogens (tertiary/aromatic N) is 3. The minimum Gasteiger partial charge on any atom is -0.481 e. The number of methoxy groups -OCH3 is 1. The lowest BCUT2D eigenvalue weighted by molar-refractivity contribution is 0.0748. The summed E-state index contributed by atoms with van der Waals surface area (Å²) in [6.07, 6.45) is 6.26. The third-order valence-corrected chi connectivity index (χ3v) is 6.61. The number of hydrogen-bond donors (Lipinski definition) is 3. The normalized spacial score (nSPS) is 14.4. The molecule has 0 saturated heterocycles. The van der Waals surface area contributed by atoms with Gasteiger partial charge in [-0.15, -0.1) is 6.42 Å². The number of thioether (sulfide) groups is 1. The van der Waals surface area contributed by atoms with Crippen molar-refractivity contribution in [3.8, 4) is 24.1 Å². The average Bonchev–Trinajstić information content (AvgIpc) is 2.81. The summed E-state index contributed by atoms with van der Waals surface area (Å²) in [5.74, 6) is 1.01.